The van der Waals surface area contributed by atoms with Gasteiger partial charge in [-0.1, -0.05) is 70.9 Å². The number of benzene rings is 3. The molecule has 35 heavy (non-hydrogen) atoms. The first kappa shape index (κ1) is 24.4. The van der Waals surface area contributed by atoms with Crippen LogP contribution in [0.15, 0.2) is 82.8 Å². The first-order chi connectivity index (χ1) is 16.8. The van der Waals surface area contributed by atoms with Crippen molar-refractivity contribution in [1.82, 2.24) is 0 Å². The molecule has 3 aromatic carbocycles. The van der Waals surface area contributed by atoms with Gasteiger partial charge in [0.1, 0.15) is 5.76 Å². The molecule has 178 valence electrons. The Morgan fingerprint density at radius 1 is 1.00 bits per heavy atom. The molecule has 1 aliphatic rings. The van der Waals surface area contributed by atoms with E-state index in [1.54, 1.807) is 42.5 Å². The highest BCUT2D eigenvalue weighted by Crippen LogP contribution is 2.42. The van der Waals surface area contributed by atoms with E-state index in [2.05, 4.69) is 15.9 Å². The second kappa shape index (κ2) is 10.3. The largest absolute Gasteiger partial charge is 0.507 e. The number of amides is 1. The molecule has 3 aromatic rings. The minimum atomic E-state index is -0.875. The number of aliphatic hydroxyl groups is 1. The normalized spacial score (nSPS) is 17.0. The highest BCUT2D eigenvalue weighted by Gasteiger charge is 2.47. The number of ketones is 1. The Kier molecular flexibility index (Phi) is 7.17. The van der Waals surface area contributed by atoms with Gasteiger partial charge >= 0.3 is 5.97 Å². The van der Waals surface area contributed by atoms with Gasteiger partial charge < -0.3 is 9.84 Å². The van der Waals surface area contributed by atoms with Crippen LogP contribution in [0.2, 0.25) is 0 Å². The molecule has 1 heterocycles. The molecule has 0 aromatic heterocycles. The van der Waals surface area contributed by atoms with Gasteiger partial charge in [0.25, 0.3) is 11.7 Å². The maximum atomic E-state index is 13.3. The van der Waals surface area contributed by atoms with E-state index in [4.69, 9.17) is 4.74 Å². The summed E-state index contributed by atoms with van der Waals surface area (Å²) >= 11 is 3.37. The third-order valence-corrected chi connectivity index (χ3v) is 6.25. The summed E-state index contributed by atoms with van der Waals surface area (Å²) < 4.78 is 6.05. The molecule has 1 atom stereocenters. The van der Waals surface area contributed by atoms with Crippen molar-refractivity contribution in [1.29, 1.82) is 0 Å². The monoisotopic (exact) mass is 533 g/mol. The van der Waals surface area contributed by atoms with Crippen molar-refractivity contribution in [3.8, 4) is 0 Å². The lowest BCUT2D eigenvalue weighted by atomic mass is 9.94. The fraction of sp³-hybridized carbons (Fsp3) is 0.179. The van der Waals surface area contributed by atoms with E-state index in [-0.39, 0.29) is 23.5 Å². The molecule has 1 fully saturated rings. The van der Waals surface area contributed by atoms with E-state index in [9.17, 15) is 19.5 Å². The number of esters is 1. The Bertz CT molecular complexity index is 1330. The summed E-state index contributed by atoms with van der Waals surface area (Å²) in [4.78, 5) is 40.4. The number of Topliss-reactive ketones (excluding diaryl/α,β-unsaturated/α-hetero) is 1. The number of aryl methyl sites for hydroxylation is 1. The van der Waals surface area contributed by atoms with Crippen molar-refractivity contribution in [2.24, 2.45) is 0 Å². The lowest BCUT2D eigenvalue weighted by Crippen LogP contribution is -2.29. The van der Waals surface area contributed by atoms with Crippen LogP contribution >= 0.6 is 15.9 Å². The van der Waals surface area contributed by atoms with Gasteiger partial charge in [0.05, 0.1) is 23.8 Å². The molecule has 1 aliphatic heterocycles. The molecule has 1 unspecified atom stereocenters. The Morgan fingerprint density at radius 3 is 2.40 bits per heavy atom. The Morgan fingerprint density at radius 2 is 1.71 bits per heavy atom. The van der Waals surface area contributed by atoms with Crippen molar-refractivity contribution in [2.75, 3.05) is 11.5 Å². The number of halogens is 1. The van der Waals surface area contributed by atoms with Crippen LogP contribution in [-0.2, 0) is 14.3 Å². The lowest BCUT2D eigenvalue weighted by Gasteiger charge is -2.26. The molecule has 0 radical (unpaired) electrons. The molecule has 1 N–H and O–H groups in total. The van der Waals surface area contributed by atoms with Crippen molar-refractivity contribution < 1.29 is 24.2 Å². The second-order valence-corrected chi connectivity index (χ2v) is 9.19. The van der Waals surface area contributed by atoms with Crippen LogP contribution < -0.4 is 4.90 Å². The van der Waals surface area contributed by atoms with E-state index in [1.807, 2.05) is 38.1 Å². The molecule has 6 nitrogen and oxygen atoms in total. The molecule has 0 saturated carbocycles. The Hall–Kier alpha value is -3.71. The summed E-state index contributed by atoms with van der Waals surface area (Å²) in [5.41, 5.74) is 2.64. The first-order valence-electron chi connectivity index (χ1n) is 11.2. The molecule has 7 heteroatoms. The number of carbonyl (C=O) groups is 3. The number of hydrogen-bond acceptors (Lipinski definition) is 5. The average molecular weight is 534 g/mol. The molecular weight excluding hydrogens is 510 g/mol. The highest BCUT2D eigenvalue weighted by atomic mass is 79.9. The van der Waals surface area contributed by atoms with Gasteiger partial charge in [-0.2, -0.15) is 0 Å². The first-order valence-corrected chi connectivity index (χ1v) is 12.0. The van der Waals surface area contributed by atoms with Gasteiger partial charge in [0, 0.05) is 15.7 Å². The van der Waals surface area contributed by atoms with Crippen LogP contribution in [0.4, 0.5) is 5.69 Å². The minimum absolute atomic E-state index is 0.0121. The Labute approximate surface area is 212 Å². The summed E-state index contributed by atoms with van der Waals surface area (Å²) in [5.74, 6) is -2.35. The van der Waals surface area contributed by atoms with Gasteiger partial charge in [-0.25, -0.2) is 4.79 Å². The summed E-state index contributed by atoms with van der Waals surface area (Å²) in [5, 5.41) is 11.2. The van der Waals surface area contributed by atoms with Crippen molar-refractivity contribution in [3.05, 3.63) is 105 Å². The van der Waals surface area contributed by atoms with Gasteiger partial charge in [0.2, 0.25) is 0 Å². The van der Waals surface area contributed by atoms with E-state index < -0.39 is 23.7 Å². The Balaban J connectivity index is 1.88. The van der Waals surface area contributed by atoms with Gasteiger partial charge in [-0.05, 0) is 49.2 Å². The summed E-state index contributed by atoms with van der Waals surface area (Å²) in [6, 6.07) is 19.8. The van der Waals surface area contributed by atoms with Gasteiger partial charge in [-0.3, -0.25) is 14.5 Å². The molecule has 1 amide bonds. The summed E-state index contributed by atoms with van der Waals surface area (Å²) in [6.07, 6.45) is 0.684. The topological polar surface area (TPSA) is 83.9 Å². The van der Waals surface area contributed by atoms with E-state index in [0.29, 0.717) is 23.2 Å². The molecular formula is C28H24BrNO5. The van der Waals surface area contributed by atoms with Gasteiger partial charge in [0.15, 0.2) is 0 Å². The summed E-state index contributed by atoms with van der Waals surface area (Å²) in [7, 11) is 0. The number of rotatable bonds is 6. The number of hydrogen-bond donors (Lipinski definition) is 1. The average Bonchev–Trinajstić information content (AvgIpc) is 3.13. The summed E-state index contributed by atoms with van der Waals surface area (Å²) in [6.45, 7) is 4.09. The van der Waals surface area contributed by atoms with Crippen LogP contribution in [0.3, 0.4) is 0 Å². The highest BCUT2D eigenvalue weighted by molar-refractivity contribution is 9.10. The van der Waals surface area contributed by atoms with E-state index >= 15 is 0 Å². The number of anilines is 1. The smallest absolute Gasteiger partial charge is 0.338 e. The van der Waals surface area contributed by atoms with Crippen molar-refractivity contribution in [3.63, 3.8) is 0 Å². The number of nitrogens with zero attached hydrogens (tertiary/aromatic N) is 1. The quantitative estimate of drug-likeness (QED) is 0.183. The van der Waals surface area contributed by atoms with Crippen LogP contribution in [0.1, 0.15) is 46.4 Å². The zero-order chi connectivity index (χ0) is 25.1. The minimum Gasteiger partial charge on any atom is -0.507 e. The third kappa shape index (κ3) is 4.91. The van der Waals surface area contributed by atoms with Crippen LogP contribution in [0, 0.1) is 6.92 Å². The SMILES string of the molecule is CCCOC(=O)c1cccc(N2C(=O)C(=O)/C(=C(/O)c3ccc(Br)cc3)C2c2cccc(C)c2)c1. The van der Waals surface area contributed by atoms with Crippen molar-refractivity contribution >= 4 is 45.0 Å². The predicted molar refractivity (Wildman–Crippen MR) is 137 cm³/mol. The molecule has 4 rings (SSSR count). The third-order valence-electron chi connectivity index (χ3n) is 5.72. The maximum absolute atomic E-state index is 13.3. The fourth-order valence-electron chi connectivity index (χ4n) is 4.08. The number of aliphatic hydroxyl groups excluding tert-OH is 1. The van der Waals surface area contributed by atoms with Crippen LogP contribution in [0.25, 0.3) is 5.76 Å². The lowest BCUT2D eigenvalue weighted by molar-refractivity contribution is -0.132. The van der Waals surface area contributed by atoms with Gasteiger partial charge in [-0.15, -0.1) is 0 Å². The van der Waals surface area contributed by atoms with Crippen LogP contribution in [-0.4, -0.2) is 29.4 Å². The van der Waals surface area contributed by atoms with Crippen LogP contribution in [0.5, 0.6) is 0 Å². The van der Waals surface area contributed by atoms with E-state index in [0.717, 1.165) is 10.0 Å². The molecule has 0 aliphatic carbocycles. The standard InChI is InChI=1S/C28H24BrNO5/c1-3-14-35-28(34)20-8-5-9-22(16-20)30-24(19-7-4-6-17(2)15-19)23(26(32)27(30)33)25(31)18-10-12-21(29)13-11-18/h4-13,15-16,24,31H,3,14H2,1-2H3/b25-23+. The predicted octanol–water partition coefficient (Wildman–Crippen LogP) is 5.95. The zero-order valence-electron chi connectivity index (χ0n) is 19.3. The zero-order valence-corrected chi connectivity index (χ0v) is 20.9. The molecule has 0 spiro atoms. The number of ether oxygens (including phenoxy) is 1. The molecule has 0 bridgehead atoms. The van der Waals surface area contributed by atoms with E-state index in [1.165, 1.54) is 11.0 Å². The fourth-order valence-corrected chi connectivity index (χ4v) is 4.34. The number of carbonyl (C=O) groups excluding carboxylic acids is 3. The molecule has 1 saturated heterocycles. The van der Waals surface area contributed by atoms with Crippen molar-refractivity contribution in [2.45, 2.75) is 26.3 Å². The maximum Gasteiger partial charge on any atom is 0.338 e. The second-order valence-electron chi connectivity index (χ2n) is 8.28.